The van der Waals surface area contributed by atoms with E-state index in [4.69, 9.17) is 4.99 Å². The van der Waals surface area contributed by atoms with Crippen molar-refractivity contribution in [3.63, 3.8) is 0 Å². The molecule has 1 N–H and O–H groups in total. The van der Waals surface area contributed by atoms with Gasteiger partial charge in [0.05, 0.1) is 46.0 Å². The van der Waals surface area contributed by atoms with Crippen LogP contribution in [0.5, 0.6) is 0 Å². The molecule has 0 spiro atoms. The van der Waals surface area contributed by atoms with Crippen LogP contribution in [0.3, 0.4) is 0 Å². The first-order valence-corrected chi connectivity index (χ1v) is 13.7. The van der Waals surface area contributed by atoms with Gasteiger partial charge < -0.3 is 4.90 Å². The van der Waals surface area contributed by atoms with E-state index in [-0.39, 0.29) is 22.4 Å². The van der Waals surface area contributed by atoms with Gasteiger partial charge in [-0.2, -0.15) is 0 Å². The standard InChI is InChI=1S/C23H27N5O3S2/c1-13-20(32-14(2)25-13)12-27-21(29)17-10-16(33(30,31)26-23(3)8-9-23)6-7-18(17)28-19(15-4-5-15)11-24-22(27)28/h6-7,10,15,19,26H,4-5,8-9,11-12H2,1-3H3/t19-/m0/s1. The number of benzene rings is 1. The average Bonchev–Trinajstić information content (AvgIpc) is 3.66. The minimum atomic E-state index is -3.71. The van der Waals surface area contributed by atoms with Crippen molar-refractivity contribution in [2.75, 3.05) is 11.4 Å². The summed E-state index contributed by atoms with van der Waals surface area (Å²) in [6, 6.07) is 5.16. The number of carbonyl (C=O) groups is 1. The third kappa shape index (κ3) is 3.59. The summed E-state index contributed by atoms with van der Waals surface area (Å²) in [6.07, 6.45) is 3.98. The molecule has 2 fully saturated rings. The zero-order valence-corrected chi connectivity index (χ0v) is 20.6. The summed E-state index contributed by atoms with van der Waals surface area (Å²) in [7, 11) is -3.71. The third-order valence-corrected chi connectivity index (χ3v) is 9.76. The minimum Gasteiger partial charge on any atom is -0.306 e. The number of fused-ring (bicyclic) bond motifs is 3. The smallest absolute Gasteiger partial charge is 0.263 e. The Morgan fingerprint density at radius 3 is 2.64 bits per heavy atom. The van der Waals surface area contributed by atoms with Gasteiger partial charge in [0.2, 0.25) is 16.0 Å². The molecule has 0 radical (unpaired) electrons. The monoisotopic (exact) mass is 485 g/mol. The molecular weight excluding hydrogens is 458 g/mol. The highest BCUT2D eigenvalue weighted by molar-refractivity contribution is 7.89. The lowest BCUT2D eigenvalue weighted by atomic mass is 10.0. The van der Waals surface area contributed by atoms with Gasteiger partial charge in [-0.05, 0) is 70.6 Å². The van der Waals surface area contributed by atoms with Crippen LogP contribution in [0.2, 0.25) is 0 Å². The molecule has 0 bridgehead atoms. The third-order valence-electron chi connectivity index (χ3n) is 7.07. The highest BCUT2D eigenvalue weighted by Crippen LogP contribution is 2.44. The predicted octanol–water partition coefficient (Wildman–Crippen LogP) is 3.20. The van der Waals surface area contributed by atoms with Gasteiger partial charge in [0.1, 0.15) is 0 Å². The molecule has 10 heteroatoms. The van der Waals surface area contributed by atoms with Crippen LogP contribution in [0.1, 0.15) is 58.5 Å². The van der Waals surface area contributed by atoms with Gasteiger partial charge in [-0.3, -0.25) is 14.7 Å². The molecule has 1 amide bonds. The number of sulfonamides is 1. The maximum atomic E-state index is 13.7. The van der Waals surface area contributed by atoms with Crippen molar-refractivity contribution in [3.05, 3.63) is 39.3 Å². The number of anilines is 1. The summed E-state index contributed by atoms with van der Waals surface area (Å²) in [4.78, 5) is 28.1. The first-order chi connectivity index (χ1) is 15.7. The van der Waals surface area contributed by atoms with Crippen LogP contribution in [0.15, 0.2) is 28.1 Å². The number of aryl methyl sites for hydroxylation is 2. The van der Waals surface area contributed by atoms with Gasteiger partial charge in [-0.1, -0.05) is 0 Å². The average molecular weight is 486 g/mol. The van der Waals surface area contributed by atoms with E-state index in [1.54, 1.807) is 34.4 Å². The van der Waals surface area contributed by atoms with Crippen molar-refractivity contribution in [2.45, 2.75) is 69.5 Å². The van der Waals surface area contributed by atoms with Crippen LogP contribution < -0.4 is 9.62 Å². The number of guanidine groups is 1. The van der Waals surface area contributed by atoms with E-state index in [0.717, 1.165) is 46.9 Å². The maximum absolute atomic E-state index is 13.7. The van der Waals surface area contributed by atoms with Crippen molar-refractivity contribution in [1.29, 1.82) is 0 Å². The number of amides is 1. The molecule has 6 rings (SSSR count). The number of aliphatic imine (C=N–C) groups is 1. The first kappa shape index (κ1) is 21.2. The molecule has 33 heavy (non-hydrogen) atoms. The summed E-state index contributed by atoms with van der Waals surface area (Å²) < 4.78 is 28.9. The summed E-state index contributed by atoms with van der Waals surface area (Å²) in [5.41, 5.74) is 1.72. The Hall–Kier alpha value is -2.30. The molecular formula is C23H27N5O3S2. The topological polar surface area (TPSA) is 95.0 Å². The lowest BCUT2D eigenvalue weighted by Gasteiger charge is -2.39. The molecule has 4 aliphatic rings. The maximum Gasteiger partial charge on any atom is 0.263 e. The molecule has 0 unspecified atom stereocenters. The van der Waals surface area contributed by atoms with E-state index in [1.165, 1.54) is 0 Å². The number of carbonyl (C=O) groups excluding carboxylic acids is 1. The van der Waals surface area contributed by atoms with Crippen LogP contribution >= 0.6 is 11.3 Å². The van der Waals surface area contributed by atoms with Gasteiger partial charge in [0, 0.05) is 10.4 Å². The zero-order chi connectivity index (χ0) is 23.1. The second-order valence-electron chi connectivity index (χ2n) is 9.89. The molecule has 0 saturated heterocycles. The van der Waals surface area contributed by atoms with E-state index in [0.29, 0.717) is 30.5 Å². The van der Waals surface area contributed by atoms with Gasteiger partial charge >= 0.3 is 0 Å². The Bertz CT molecular complexity index is 1310. The number of thiazole rings is 1. The van der Waals surface area contributed by atoms with E-state index in [9.17, 15) is 13.2 Å². The van der Waals surface area contributed by atoms with Crippen LogP contribution in [0, 0.1) is 19.8 Å². The Labute approximate surface area is 197 Å². The largest absolute Gasteiger partial charge is 0.306 e. The Morgan fingerprint density at radius 1 is 1.24 bits per heavy atom. The molecule has 1 aromatic heterocycles. The highest BCUT2D eigenvalue weighted by Gasteiger charge is 2.48. The fraction of sp³-hybridized carbons (Fsp3) is 0.522. The number of hydrogen-bond donors (Lipinski definition) is 1. The number of aromatic nitrogens is 1. The number of hydrogen-bond acceptors (Lipinski definition) is 7. The van der Waals surface area contributed by atoms with Crippen LogP contribution in [0.25, 0.3) is 0 Å². The lowest BCUT2D eigenvalue weighted by molar-refractivity contribution is 0.0833. The summed E-state index contributed by atoms with van der Waals surface area (Å²) in [6.45, 7) is 6.86. The van der Waals surface area contributed by atoms with Crippen molar-refractivity contribution in [1.82, 2.24) is 14.6 Å². The summed E-state index contributed by atoms with van der Waals surface area (Å²) in [5, 5.41) is 0.960. The van der Waals surface area contributed by atoms with Crippen LogP contribution in [-0.4, -0.2) is 48.3 Å². The molecule has 1 atom stereocenters. The van der Waals surface area contributed by atoms with Gasteiger partial charge in [-0.15, -0.1) is 11.3 Å². The highest BCUT2D eigenvalue weighted by atomic mass is 32.2. The summed E-state index contributed by atoms with van der Waals surface area (Å²) >= 11 is 1.58. The van der Waals surface area contributed by atoms with E-state index >= 15 is 0 Å². The Morgan fingerprint density at radius 2 is 2.00 bits per heavy atom. The van der Waals surface area contributed by atoms with E-state index < -0.39 is 10.0 Å². The second kappa shape index (κ2) is 7.10. The van der Waals surface area contributed by atoms with Gasteiger partial charge in [0.15, 0.2) is 0 Å². The Kier molecular flexibility index (Phi) is 4.57. The number of rotatable bonds is 6. The van der Waals surface area contributed by atoms with E-state index in [1.807, 2.05) is 20.8 Å². The molecule has 3 heterocycles. The molecule has 174 valence electrons. The van der Waals surface area contributed by atoms with Crippen LogP contribution in [0.4, 0.5) is 5.69 Å². The predicted molar refractivity (Wildman–Crippen MR) is 127 cm³/mol. The normalized spacial score (nSPS) is 23.4. The van der Waals surface area contributed by atoms with Gasteiger partial charge in [0.25, 0.3) is 5.91 Å². The second-order valence-corrected chi connectivity index (χ2v) is 12.9. The molecule has 1 aromatic carbocycles. The Balaban J connectivity index is 1.42. The van der Waals surface area contributed by atoms with Crippen molar-refractivity contribution >= 4 is 38.9 Å². The van der Waals surface area contributed by atoms with Crippen molar-refractivity contribution < 1.29 is 13.2 Å². The van der Waals surface area contributed by atoms with Crippen molar-refractivity contribution in [2.24, 2.45) is 10.9 Å². The van der Waals surface area contributed by atoms with Crippen molar-refractivity contribution in [3.8, 4) is 0 Å². The fourth-order valence-electron chi connectivity index (χ4n) is 4.80. The molecule has 2 aromatic rings. The summed E-state index contributed by atoms with van der Waals surface area (Å²) in [5.74, 6) is 1.02. The number of nitrogens with one attached hydrogen (secondary N) is 1. The first-order valence-electron chi connectivity index (χ1n) is 11.4. The minimum absolute atomic E-state index is 0.134. The molecule has 2 aliphatic heterocycles. The SMILES string of the molecule is Cc1nc(C)c(CN2C(=O)c3cc(S(=O)(=O)NC4(C)CC4)ccc3N3C2=NC[C@H]3C2CC2)s1. The lowest BCUT2D eigenvalue weighted by Crippen LogP contribution is -2.53. The van der Waals surface area contributed by atoms with Gasteiger partial charge in [-0.25, -0.2) is 18.1 Å². The molecule has 8 nitrogen and oxygen atoms in total. The quantitative estimate of drug-likeness (QED) is 0.678. The number of nitrogens with zero attached hydrogens (tertiary/aromatic N) is 4. The van der Waals surface area contributed by atoms with Crippen LogP contribution in [-0.2, 0) is 16.6 Å². The molecule has 2 saturated carbocycles. The van der Waals surface area contributed by atoms with E-state index in [2.05, 4.69) is 14.6 Å². The zero-order valence-electron chi connectivity index (χ0n) is 19.0. The fourth-order valence-corrected chi connectivity index (χ4v) is 7.22. The molecule has 2 aliphatic carbocycles.